The number of aromatic nitrogens is 1. The van der Waals surface area contributed by atoms with Crippen molar-refractivity contribution in [3.63, 3.8) is 0 Å². The zero-order valence-electron chi connectivity index (χ0n) is 15.2. The van der Waals surface area contributed by atoms with E-state index < -0.39 is 0 Å². The van der Waals surface area contributed by atoms with E-state index in [1.165, 1.54) is 17.0 Å². The molecule has 0 spiro atoms. The minimum absolute atomic E-state index is 0.662. The fourth-order valence-corrected chi connectivity index (χ4v) is 4.33. The summed E-state index contributed by atoms with van der Waals surface area (Å²) in [5.74, 6) is 1.04. The van der Waals surface area contributed by atoms with Crippen LogP contribution < -0.4 is 5.32 Å². The van der Waals surface area contributed by atoms with Gasteiger partial charge in [-0.15, -0.1) is 11.3 Å². The summed E-state index contributed by atoms with van der Waals surface area (Å²) < 4.78 is 0. The number of thiazole rings is 1. The van der Waals surface area contributed by atoms with Crippen LogP contribution in [0.3, 0.4) is 0 Å². The molecule has 0 radical (unpaired) electrons. The molecule has 1 aromatic heterocycles. The summed E-state index contributed by atoms with van der Waals surface area (Å²) in [6.07, 6.45) is 2.25. The third-order valence-electron chi connectivity index (χ3n) is 4.64. The zero-order valence-corrected chi connectivity index (χ0v) is 16.0. The highest BCUT2D eigenvalue weighted by Crippen LogP contribution is 2.18. The number of hydrogen-bond donors (Lipinski definition) is 1. The smallest absolute Gasteiger partial charge is 0.193 e. The van der Waals surface area contributed by atoms with Gasteiger partial charge in [0.25, 0.3) is 0 Å². The van der Waals surface area contributed by atoms with Gasteiger partial charge in [-0.25, -0.2) is 4.98 Å². The number of guanidine groups is 1. The van der Waals surface area contributed by atoms with Crippen LogP contribution in [0.2, 0.25) is 0 Å². The molecule has 1 atom stereocenters. The molecule has 0 aliphatic carbocycles. The van der Waals surface area contributed by atoms with Gasteiger partial charge in [-0.3, -0.25) is 9.89 Å². The molecule has 6 heteroatoms. The summed E-state index contributed by atoms with van der Waals surface area (Å²) in [5.41, 5.74) is 1.17. The fourth-order valence-electron chi connectivity index (χ4n) is 3.40. The van der Waals surface area contributed by atoms with Crippen molar-refractivity contribution in [2.75, 3.05) is 39.8 Å². The number of aliphatic imine (C=N–C) groups is 1. The summed E-state index contributed by atoms with van der Waals surface area (Å²) in [6.45, 7) is 14.0. The lowest BCUT2D eigenvalue weighted by atomic mass is 10.2. The molecule has 2 rings (SSSR count). The minimum atomic E-state index is 0.662. The number of aryl methyl sites for hydroxylation is 2. The van der Waals surface area contributed by atoms with Crippen molar-refractivity contribution in [1.82, 2.24) is 20.1 Å². The number of likely N-dealkylation sites (N-methyl/N-ethyl adjacent to an activating group) is 1. The molecule has 1 saturated heterocycles. The number of rotatable bonds is 6. The van der Waals surface area contributed by atoms with Crippen LogP contribution in [0, 0.1) is 13.8 Å². The van der Waals surface area contributed by atoms with Crippen molar-refractivity contribution in [2.45, 2.75) is 46.6 Å². The first-order valence-electron chi connectivity index (χ1n) is 8.71. The molecule has 0 amide bonds. The second-order valence-corrected chi connectivity index (χ2v) is 7.36. The molecule has 130 valence electrons. The Kier molecular flexibility index (Phi) is 6.84. The Hall–Kier alpha value is -1.14. The van der Waals surface area contributed by atoms with E-state index >= 15 is 0 Å². The maximum atomic E-state index is 4.50. The monoisotopic (exact) mass is 337 g/mol. The first kappa shape index (κ1) is 18.2. The van der Waals surface area contributed by atoms with E-state index in [9.17, 15) is 0 Å². The Labute approximate surface area is 144 Å². The van der Waals surface area contributed by atoms with E-state index in [0.29, 0.717) is 6.04 Å². The highest BCUT2D eigenvalue weighted by Gasteiger charge is 2.27. The molecule has 1 fully saturated rings. The molecule has 2 heterocycles. The van der Waals surface area contributed by atoms with Gasteiger partial charge in [-0.2, -0.15) is 0 Å². The third-order valence-corrected chi connectivity index (χ3v) is 5.77. The lowest BCUT2D eigenvalue weighted by Crippen LogP contribution is -2.43. The predicted molar refractivity (Wildman–Crippen MR) is 99.6 cm³/mol. The molecule has 0 bridgehead atoms. The SMILES string of the molecule is CCN(CC)C1CCN(C(=NC)NCCc2sc(C)nc2C)C1. The Morgan fingerprint density at radius 1 is 1.39 bits per heavy atom. The van der Waals surface area contributed by atoms with E-state index in [1.54, 1.807) is 11.3 Å². The lowest BCUT2D eigenvalue weighted by molar-refractivity contribution is 0.223. The number of hydrogen-bond acceptors (Lipinski definition) is 4. The quantitative estimate of drug-likeness (QED) is 0.639. The summed E-state index contributed by atoms with van der Waals surface area (Å²) in [7, 11) is 1.88. The van der Waals surface area contributed by atoms with Crippen LogP contribution in [0.4, 0.5) is 0 Å². The van der Waals surface area contributed by atoms with Crippen molar-refractivity contribution in [3.05, 3.63) is 15.6 Å². The van der Waals surface area contributed by atoms with Crippen molar-refractivity contribution in [1.29, 1.82) is 0 Å². The van der Waals surface area contributed by atoms with Gasteiger partial charge in [0.05, 0.1) is 10.7 Å². The Bertz CT molecular complexity index is 521. The topological polar surface area (TPSA) is 43.8 Å². The van der Waals surface area contributed by atoms with E-state index in [4.69, 9.17) is 0 Å². The van der Waals surface area contributed by atoms with Gasteiger partial charge in [0.2, 0.25) is 0 Å². The lowest BCUT2D eigenvalue weighted by Gasteiger charge is -2.27. The maximum Gasteiger partial charge on any atom is 0.193 e. The van der Waals surface area contributed by atoms with Gasteiger partial charge in [-0.05, 0) is 33.4 Å². The molecule has 1 aliphatic rings. The summed E-state index contributed by atoms with van der Waals surface area (Å²) in [4.78, 5) is 15.3. The van der Waals surface area contributed by atoms with Crippen LogP contribution in [-0.2, 0) is 6.42 Å². The Balaban J connectivity index is 1.83. The largest absolute Gasteiger partial charge is 0.356 e. The van der Waals surface area contributed by atoms with Crippen LogP contribution in [0.15, 0.2) is 4.99 Å². The van der Waals surface area contributed by atoms with E-state index in [1.807, 2.05) is 7.05 Å². The molecule has 0 aromatic carbocycles. The first-order valence-corrected chi connectivity index (χ1v) is 9.53. The van der Waals surface area contributed by atoms with Gasteiger partial charge in [-0.1, -0.05) is 13.8 Å². The van der Waals surface area contributed by atoms with Crippen LogP contribution in [0.5, 0.6) is 0 Å². The zero-order chi connectivity index (χ0) is 16.8. The Morgan fingerprint density at radius 3 is 2.70 bits per heavy atom. The van der Waals surface area contributed by atoms with Crippen LogP contribution >= 0.6 is 11.3 Å². The second kappa shape index (κ2) is 8.64. The highest BCUT2D eigenvalue weighted by molar-refractivity contribution is 7.11. The third kappa shape index (κ3) is 4.67. The van der Waals surface area contributed by atoms with E-state index in [0.717, 1.165) is 50.1 Å². The van der Waals surface area contributed by atoms with Gasteiger partial charge >= 0.3 is 0 Å². The first-order chi connectivity index (χ1) is 11.1. The van der Waals surface area contributed by atoms with E-state index in [2.05, 4.69) is 52.8 Å². The van der Waals surface area contributed by atoms with Gasteiger partial charge in [0.15, 0.2) is 5.96 Å². The summed E-state index contributed by atoms with van der Waals surface area (Å²) in [6, 6.07) is 0.662. The maximum absolute atomic E-state index is 4.50. The van der Waals surface area contributed by atoms with Crippen molar-refractivity contribution >= 4 is 17.3 Å². The molecule has 1 aromatic rings. The number of likely N-dealkylation sites (tertiary alicyclic amines) is 1. The molecular formula is C17H31N5S. The molecular weight excluding hydrogens is 306 g/mol. The average Bonchev–Trinajstić information content (AvgIpc) is 3.12. The Morgan fingerprint density at radius 2 is 2.13 bits per heavy atom. The van der Waals surface area contributed by atoms with Crippen molar-refractivity contribution in [3.8, 4) is 0 Å². The van der Waals surface area contributed by atoms with Crippen LogP contribution in [0.1, 0.15) is 35.8 Å². The van der Waals surface area contributed by atoms with Gasteiger partial charge in [0, 0.05) is 44.0 Å². The molecule has 1 unspecified atom stereocenters. The number of nitrogens with one attached hydrogen (secondary N) is 1. The molecule has 5 nitrogen and oxygen atoms in total. The molecule has 1 aliphatic heterocycles. The van der Waals surface area contributed by atoms with Crippen molar-refractivity contribution in [2.24, 2.45) is 4.99 Å². The van der Waals surface area contributed by atoms with Crippen molar-refractivity contribution < 1.29 is 0 Å². The molecule has 0 saturated carbocycles. The number of nitrogens with zero attached hydrogens (tertiary/aromatic N) is 4. The minimum Gasteiger partial charge on any atom is -0.356 e. The average molecular weight is 338 g/mol. The van der Waals surface area contributed by atoms with E-state index in [-0.39, 0.29) is 0 Å². The van der Waals surface area contributed by atoms with Gasteiger partial charge < -0.3 is 10.2 Å². The van der Waals surface area contributed by atoms with Crippen LogP contribution in [0.25, 0.3) is 0 Å². The predicted octanol–water partition coefficient (Wildman–Crippen LogP) is 2.29. The molecule has 23 heavy (non-hydrogen) atoms. The van der Waals surface area contributed by atoms with Gasteiger partial charge in [0.1, 0.15) is 0 Å². The van der Waals surface area contributed by atoms with Crippen LogP contribution in [-0.4, -0.2) is 66.6 Å². The second-order valence-electron chi connectivity index (χ2n) is 6.08. The fraction of sp³-hybridized carbons (Fsp3) is 0.765. The summed E-state index contributed by atoms with van der Waals surface area (Å²) in [5, 5.41) is 4.68. The normalized spacial score (nSPS) is 19.0. The highest BCUT2D eigenvalue weighted by atomic mass is 32.1. The standard InChI is InChI=1S/C17H31N5S/c1-6-21(7-2)15-9-11-22(12-15)17(18-5)19-10-8-16-13(3)20-14(4)23-16/h15H,6-12H2,1-5H3,(H,18,19). The summed E-state index contributed by atoms with van der Waals surface area (Å²) >= 11 is 1.80. The molecule has 1 N–H and O–H groups in total.